The molecular formula is C16H13ClN2O. The van der Waals surface area contributed by atoms with Crippen molar-refractivity contribution in [3.8, 4) is 11.9 Å². The van der Waals surface area contributed by atoms with Gasteiger partial charge in [0.05, 0.1) is 16.7 Å². The van der Waals surface area contributed by atoms with E-state index in [1.165, 1.54) is 0 Å². The third-order valence-electron chi connectivity index (χ3n) is 3.42. The molecule has 3 rings (SSSR count). The zero-order valence-corrected chi connectivity index (χ0v) is 11.7. The highest BCUT2D eigenvalue weighted by Crippen LogP contribution is 2.30. The van der Waals surface area contributed by atoms with Crippen molar-refractivity contribution < 1.29 is 4.74 Å². The number of ether oxygens (including phenoxy) is 1. The Hall–Kier alpha value is -2.05. The Bertz CT molecular complexity index is 691. The van der Waals surface area contributed by atoms with E-state index in [4.69, 9.17) is 21.6 Å². The van der Waals surface area contributed by atoms with Crippen molar-refractivity contribution in [2.45, 2.75) is 25.9 Å². The molecule has 20 heavy (non-hydrogen) atoms. The van der Waals surface area contributed by atoms with E-state index < -0.39 is 0 Å². The van der Waals surface area contributed by atoms with Crippen LogP contribution in [0.1, 0.15) is 28.8 Å². The molecule has 0 amide bonds. The second-order valence-corrected chi connectivity index (χ2v) is 5.23. The van der Waals surface area contributed by atoms with Gasteiger partial charge in [0.25, 0.3) is 0 Å². The van der Waals surface area contributed by atoms with Crippen molar-refractivity contribution in [2.24, 2.45) is 0 Å². The van der Waals surface area contributed by atoms with E-state index in [0.29, 0.717) is 18.1 Å². The largest absolute Gasteiger partial charge is 0.473 e. The Kier molecular flexibility index (Phi) is 3.58. The summed E-state index contributed by atoms with van der Waals surface area (Å²) in [7, 11) is 0. The number of aryl methyl sites for hydroxylation is 1. The summed E-state index contributed by atoms with van der Waals surface area (Å²) >= 11 is 6.24. The van der Waals surface area contributed by atoms with Gasteiger partial charge >= 0.3 is 0 Å². The van der Waals surface area contributed by atoms with Crippen LogP contribution in [0.2, 0.25) is 5.02 Å². The molecule has 0 saturated heterocycles. The Balaban J connectivity index is 1.75. The predicted molar refractivity (Wildman–Crippen MR) is 76.8 cm³/mol. The number of aromatic nitrogens is 1. The SMILES string of the molecule is N#Cc1cccc(COc2cc(Cl)c3c(n2)CCC3)c1. The minimum Gasteiger partial charge on any atom is -0.473 e. The Morgan fingerprint density at radius 3 is 3.05 bits per heavy atom. The molecule has 100 valence electrons. The number of hydrogen-bond donors (Lipinski definition) is 0. The molecule has 1 heterocycles. The fourth-order valence-corrected chi connectivity index (χ4v) is 2.73. The van der Waals surface area contributed by atoms with Crippen LogP contribution < -0.4 is 4.74 Å². The number of pyridine rings is 1. The van der Waals surface area contributed by atoms with Gasteiger partial charge in [-0.25, -0.2) is 4.98 Å². The number of halogens is 1. The molecule has 0 saturated carbocycles. The summed E-state index contributed by atoms with van der Waals surface area (Å²) in [5.74, 6) is 0.554. The van der Waals surface area contributed by atoms with Gasteiger partial charge in [-0.1, -0.05) is 23.7 Å². The van der Waals surface area contributed by atoms with Crippen LogP contribution in [-0.2, 0) is 19.4 Å². The molecule has 1 aliphatic rings. The van der Waals surface area contributed by atoms with Gasteiger partial charge in [0, 0.05) is 11.8 Å². The maximum Gasteiger partial charge on any atom is 0.215 e. The van der Waals surface area contributed by atoms with Gasteiger partial charge in [0.1, 0.15) is 6.61 Å². The number of benzene rings is 1. The van der Waals surface area contributed by atoms with E-state index in [-0.39, 0.29) is 0 Å². The smallest absolute Gasteiger partial charge is 0.215 e. The first-order chi connectivity index (χ1) is 9.76. The predicted octanol–water partition coefficient (Wildman–Crippen LogP) is 3.67. The quantitative estimate of drug-likeness (QED) is 0.864. The van der Waals surface area contributed by atoms with Crippen LogP contribution >= 0.6 is 11.6 Å². The van der Waals surface area contributed by atoms with Crippen molar-refractivity contribution in [3.63, 3.8) is 0 Å². The first kappa shape index (κ1) is 13.0. The number of hydrogen-bond acceptors (Lipinski definition) is 3. The van der Waals surface area contributed by atoms with Crippen molar-refractivity contribution in [2.75, 3.05) is 0 Å². The molecule has 1 aromatic heterocycles. The maximum atomic E-state index is 8.87. The summed E-state index contributed by atoms with van der Waals surface area (Å²) in [6.07, 6.45) is 3.08. The second-order valence-electron chi connectivity index (χ2n) is 4.82. The first-order valence-electron chi connectivity index (χ1n) is 6.56. The molecular weight excluding hydrogens is 272 g/mol. The van der Waals surface area contributed by atoms with Crippen LogP contribution in [0.25, 0.3) is 0 Å². The lowest BCUT2D eigenvalue weighted by molar-refractivity contribution is 0.293. The van der Waals surface area contributed by atoms with E-state index >= 15 is 0 Å². The molecule has 1 aliphatic carbocycles. The topological polar surface area (TPSA) is 45.9 Å². The molecule has 3 nitrogen and oxygen atoms in total. The summed E-state index contributed by atoms with van der Waals surface area (Å²) in [5.41, 5.74) is 3.79. The molecule has 0 aliphatic heterocycles. The second kappa shape index (κ2) is 5.52. The van der Waals surface area contributed by atoms with E-state index in [1.54, 1.807) is 12.1 Å². The van der Waals surface area contributed by atoms with Gasteiger partial charge in [-0.15, -0.1) is 0 Å². The summed E-state index contributed by atoms with van der Waals surface area (Å²) in [4.78, 5) is 4.50. The highest BCUT2D eigenvalue weighted by atomic mass is 35.5. The van der Waals surface area contributed by atoms with E-state index in [9.17, 15) is 0 Å². The highest BCUT2D eigenvalue weighted by Gasteiger charge is 2.17. The fraction of sp³-hybridized carbons (Fsp3) is 0.250. The average Bonchev–Trinajstić information content (AvgIpc) is 2.94. The number of fused-ring (bicyclic) bond motifs is 1. The van der Waals surface area contributed by atoms with Gasteiger partial charge in [0.15, 0.2) is 0 Å². The number of rotatable bonds is 3. The van der Waals surface area contributed by atoms with Gasteiger partial charge in [0.2, 0.25) is 5.88 Å². The van der Waals surface area contributed by atoms with Gasteiger partial charge in [-0.3, -0.25) is 0 Å². The van der Waals surface area contributed by atoms with Crippen LogP contribution in [0.5, 0.6) is 5.88 Å². The normalized spacial score (nSPS) is 12.8. The molecule has 0 unspecified atom stereocenters. The van der Waals surface area contributed by atoms with Crippen LogP contribution in [0.4, 0.5) is 0 Å². The van der Waals surface area contributed by atoms with Crippen molar-refractivity contribution in [1.82, 2.24) is 4.98 Å². The van der Waals surface area contributed by atoms with Crippen molar-refractivity contribution in [3.05, 3.63) is 57.7 Å². The van der Waals surface area contributed by atoms with Gasteiger partial charge in [-0.05, 0) is 42.5 Å². The lowest BCUT2D eigenvalue weighted by atomic mass is 10.1. The third kappa shape index (κ3) is 2.61. The standard InChI is InChI=1S/C16H13ClN2O/c17-14-8-16(19-15-6-2-5-13(14)15)20-10-12-4-1-3-11(7-12)9-18/h1,3-4,7-8H,2,5-6,10H2. The lowest BCUT2D eigenvalue weighted by Gasteiger charge is -2.09. The molecule has 0 N–H and O–H groups in total. The summed E-state index contributed by atoms with van der Waals surface area (Å²) in [5, 5.41) is 9.61. The van der Waals surface area contributed by atoms with Crippen LogP contribution in [-0.4, -0.2) is 4.98 Å². The molecule has 2 aromatic rings. The molecule has 0 radical (unpaired) electrons. The summed E-state index contributed by atoms with van der Waals surface area (Å²) in [6.45, 7) is 0.387. The number of nitrogens with zero attached hydrogens (tertiary/aromatic N) is 2. The summed E-state index contributed by atoms with van der Waals surface area (Å²) in [6, 6.07) is 11.3. The fourth-order valence-electron chi connectivity index (χ4n) is 2.43. The van der Waals surface area contributed by atoms with Gasteiger partial charge < -0.3 is 4.74 Å². The van der Waals surface area contributed by atoms with Crippen LogP contribution in [0, 0.1) is 11.3 Å². The van der Waals surface area contributed by atoms with Crippen molar-refractivity contribution >= 4 is 11.6 Å². The minimum absolute atomic E-state index is 0.387. The van der Waals surface area contributed by atoms with Crippen LogP contribution in [0.15, 0.2) is 30.3 Å². The lowest BCUT2D eigenvalue weighted by Crippen LogP contribution is -2.00. The van der Waals surface area contributed by atoms with Gasteiger partial charge in [-0.2, -0.15) is 5.26 Å². The molecule has 0 bridgehead atoms. The van der Waals surface area contributed by atoms with Crippen molar-refractivity contribution in [1.29, 1.82) is 5.26 Å². The zero-order valence-electron chi connectivity index (χ0n) is 10.9. The third-order valence-corrected chi connectivity index (χ3v) is 3.75. The molecule has 0 fully saturated rings. The molecule has 0 atom stereocenters. The molecule has 4 heteroatoms. The first-order valence-corrected chi connectivity index (χ1v) is 6.94. The number of nitriles is 1. The maximum absolute atomic E-state index is 8.87. The highest BCUT2D eigenvalue weighted by molar-refractivity contribution is 6.31. The van der Waals surface area contributed by atoms with Crippen LogP contribution in [0.3, 0.4) is 0 Å². The average molecular weight is 285 g/mol. The molecule has 1 aromatic carbocycles. The van der Waals surface area contributed by atoms with E-state index in [1.807, 2.05) is 18.2 Å². The Morgan fingerprint density at radius 1 is 1.30 bits per heavy atom. The molecule has 0 spiro atoms. The monoisotopic (exact) mass is 284 g/mol. The zero-order chi connectivity index (χ0) is 13.9. The Labute approximate surface area is 122 Å². The van der Waals surface area contributed by atoms with E-state index in [0.717, 1.165) is 41.1 Å². The summed E-state index contributed by atoms with van der Waals surface area (Å²) < 4.78 is 5.69. The van der Waals surface area contributed by atoms with E-state index in [2.05, 4.69) is 11.1 Å². The minimum atomic E-state index is 0.387. The Morgan fingerprint density at radius 2 is 2.20 bits per heavy atom.